The second-order valence-corrected chi connectivity index (χ2v) is 6.89. The lowest BCUT2D eigenvalue weighted by Crippen LogP contribution is -2.45. The van der Waals surface area contributed by atoms with Gasteiger partial charge in [-0.3, -0.25) is 14.5 Å². The van der Waals surface area contributed by atoms with Gasteiger partial charge in [0.25, 0.3) is 5.91 Å². The molecular weight excluding hydrogens is 392 g/mol. The molecule has 7 nitrogen and oxygen atoms in total. The fourth-order valence-corrected chi connectivity index (χ4v) is 3.25. The Morgan fingerprint density at radius 1 is 1.14 bits per heavy atom. The van der Waals surface area contributed by atoms with Gasteiger partial charge in [0.2, 0.25) is 12.0 Å². The summed E-state index contributed by atoms with van der Waals surface area (Å²) >= 11 is 5.96. The summed E-state index contributed by atoms with van der Waals surface area (Å²) in [7, 11) is 0. The van der Waals surface area contributed by atoms with Gasteiger partial charge in [-0.25, -0.2) is 4.98 Å². The number of nitrogens with one attached hydrogen (secondary N) is 1. The summed E-state index contributed by atoms with van der Waals surface area (Å²) in [5, 5.41) is 3.23. The van der Waals surface area contributed by atoms with E-state index in [1.807, 2.05) is 18.2 Å². The molecule has 0 bridgehead atoms. The number of nitrogens with two attached hydrogens (primary N) is 1. The number of pyridine rings is 1. The van der Waals surface area contributed by atoms with E-state index in [9.17, 15) is 9.59 Å². The Morgan fingerprint density at radius 3 is 2.69 bits per heavy atom. The van der Waals surface area contributed by atoms with Crippen LogP contribution in [-0.4, -0.2) is 23.3 Å². The molecule has 8 heteroatoms. The minimum Gasteiger partial charge on any atom is -0.472 e. The van der Waals surface area contributed by atoms with E-state index in [1.54, 1.807) is 48.5 Å². The third-order valence-corrected chi connectivity index (χ3v) is 4.60. The minimum atomic E-state index is -0.881. The normalized spacial score (nSPS) is 15.4. The fraction of sp³-hybridized carbons (Fsp3) is 0.0952. The summed E-state index contributed by atoms with van der Waals surface area (Å²) in [6.45, 7) is -0.249. The lowest BCUT2D eigenvalue weighted by molar-refractivity contribution is -0.128. The number of nitrogens with zero attached hydrogens (tertiary/aromatic N) is 2. The molecule has 3 aromatic rings. The van der Waals surface area contributed by atoms with Gasteiger partial charge in [0, 0.05) is 16.3 Å². The molecule has 0 radical (unpaired) electrons. The van der Waals surface area contributed by atoms with Crippen LogP contribution in [0, 0.1) is 0 Å². The molecule has 1 unspecified atom stereocenters. The summed E-state index contributed by atoms with van der Waals surface area (Å²) in [6.07, 6.45) is -0.881. The highest BCUT2D eigenvalue weighted by Crippen LogP contribution is 2.38. The molecule has 0 fully saturated rings. The number of anilines is 3. The second kappa shape index (κ2) is 7.81. The van der Waals surface area contributed by atoms with E-state index >= 15 is 0 Å². The van der Waals surface area contributed by atoms with Crippen molar-refractivity contribution >= 4 is 40.7 Å². The Balaban J connectivity index is 1.63. The van der Waals surface area contributed by atoms with Crippen LogP contribution in [0.5, 0.6) is 5.75 Å². The number of fused-ring (bicyclic) bond motifs is 1. The molecule has 3 N–H and O–H groups in total. The van der Waals surface area contributed by atoms with Crippen LogP contribution in [0.4, 0.5) is 17.3 Å². The zero-order valence-electron chi connectivity index (χ0n) is 15.2. The summed E-state index contributed by atoms with van der Waals surface area (Å²) in [5.74, 6) is 0.0118. The lowest BCUT2D eigenvalue weighted by Gasteiger charge is -2.33. The third kappa shape index (κ3) is 4.00. The maximum absolute atomic E-state index is 13.2. The van der Waals surface area contributed by atoms with Crippen molar-refractivity contribution in [2.75, 3.05) is 22.5 Å². The maximum atomic E-state index is 13.2. The van der Waals surface area contributed by atoms with Crippen molar-refractivity contribution in [1.29, 1.82) is 0 Å². The molecule has 4 rings (SSSR count). The highest BCUT2D eigenvalue weighted by atomic mass is 35.5. The second-order valence-electron chi connectivity index (χ2n) is 6.45. The number of benzene rings is 2. The Labute approximate surface area is 172 Å². The molecule has 146 valence electrons. The molecule has 2 heterocycles. The number of rotatable bonds is 4. The van der Waals surface area contributed by atoms with Crippen LogP contribution in [-0.2, 0) is 9.59 Å². The summed E-state index contributed by atoms with van der Waals surface area (Å²) in [5.41, 5.74) is 7.00. The van der Waals surface area contributed by atoms with Gasteiger partial charge in [-0.15, -0.1) is 0 Å². The first kappa shape index (κ1) is 18.8. The number of hydrogen-bond donors (Lipinski definition) is 2. The largest absolute Gasteiger partial charge is 0.472 e. The average molecular weight is 409 g/mol. The number of ether oxygens (including phenoxy) is 1. The van der Waals surface area contributed by atoms with Gasteiger partial charge in [0.05, 0.1) is 0 Å². The minimum absolute atomic E-state index is 0.212. The zero-order valence-corrected chi connectivity index (χ0v) is 16.0. The first-order chi connectivity index (χ1) is 14.0. The van der Waals surface area contributed by atoms with Crippen LogP contribution in [0.25, 0.3) is 0 Å². The van der Waals surface area contributed by atoms with Crippen LogP contribution in [0.3, 0.4) is 0 Å². The smallest absolute Gasteiger partial charge is 0.274 e. The predicted octanol–water partition coefficient (Wildman–Crippen LogP) is 3.42. The van der Waals surface area contributed by atoms with E-state index in [-0.39, 0.29) is 18.2 Å². The highest BCUT2D eigenvalue weighted by Gasteiger charge is 2.37. The van der Waals surface area contributed by atoms with Crippen LogP contribution in [0.15, 0.2) is 66.7 Å². The molecule has 0 aliphatic carbocycles. The van der Waals surface area contributed by atoms with Crippen molar-refractivity contribution in [3.8, 4) is 5.75 Å². The third-order valence-electron chi connectivity index (χ3n) is 4.36. The Kier molecular flexibility index (Phi) is 5.05. The maximum Gasteiger partial charge on any atom is 0.274 e. The van der Waals surface area contributed by atoms with Crippen molar-refractivity contribution in [2.24, 2.45) is 0 Å². The quantitative estimate of drug-likeness (QED) is 0.689. The fourth-order valence-electron chi connectivity index (χ4n) is 3.06. The molecule has 0 spiro atoms. The number of carbonyl (C=O) groups is 2. The number of halogens is 1. The number of carbonyl (C=O) groups excluding carboxylic acids is 2. The Hall–Kier alpha value is -3.58. The Morgan fingerprint density at radius 2 is 1.93 bits per heavy atom. The van der Waals surface area contributed by atoms with Crippen LogP contribution in [0.1, 0.15) is 11.7 Å². The Bertz CT molecular complexity index is 1070. The number of nitrogen functional groups attached to an aromatic ring is 1. The van der Waals surface area contributed by atoms with E-state index in [1.165, 1.54) is 4.90 Å². The van der Waals surface area contributed by atoms with E-state index in [0.29, 0.717) is 22.0 Å². The van der Waals surface area contributed by atoms with Crippen molar-refractivity contribution in [1.82, 2.24) is 4.98 Å². The van der Waals surface area contributed by atoms with E-state index in [0.717, 1.165) is 0 Å². The molecule has 1 aliphatic heterocycles. The zero-order chi connectivity index (χ0) is 20.4. The van der Waals surface area contributed by atoms with Crippen molar-refractivity contribution in [3.63, 3.8) is 0 Å². The van der Waals surface area contributed by atoms with E-state index in [4.69, 9.17) is 22.1 Å². The van der Waals surface area contributed by atoms with Crippen molar-refractivity contribution in [2.45, 2.75) is 6.10 Å². The van der Waals surface area contributed by atoms with Crippen molar-refractivity contribution in [3.05, 3.63) is 77.3 Å². The number of amides is 2. The SMILES string of the molecule is Nc1ccc2c(n1)N(CC(=O)Nc1cccc(Cl)c1)C(=O)C(c1ccccc1)O2. The van der Waals surface area contributed by atoms with Gasteiger partial charge >= 0.3 is 0 Å². The lowest BCUT2D eigenvalue weighted by atomic mass is 10.1. The van der Waals surface area contributed by atoms with Gasteiger partial charge < -0.3 is 15.8 Å². The first-order valence-electron chi connectivity index (χ1n) is 8.86. The highest BCUT2D eigenvalue weighted by molar-refractivity contribution is 6.30. The van der Waals surface area contributed by atoms with Crippen LogP contribution < -0.4 is 20.7 Å². The average Bonchev–Trinajstić information content (AvgIpc) is 2.71. The van der Waals surface area contributed by atoms with Gasteiger partial charge in [-0.05, 0) is 30.3 Å². The molecule has 1 aliphatic rings. The summed E-state index contributed by atoms with van der Waals surface area (Å²) < 4.78 is 5.87. The molecule has 2 aromatic carbocycles. The molecular formula is C21H17ClN4O3. The molecule has 1 atom stereocenters. The predicted molar refractivity (Wildman–Crippen MR) is 111 cm³/mol. The molecule has 2 amide bonds. The van der Waals surface area contributed by atoms with E-state index < -0.39 is 17.9 Å². The topological polar surface area (TPSA) is 97.5 Å². The standard InChI is InChI=1S/C21H17ClN4O3/c22-14-7-4-8-15(11-14)24-18(27)12-26-20-16(9-10-17(23)25-20)29-19(21(26)28)13-5-2-1-3-6-13/h1-11,19H,12H2,(H2,23,25)(H,24,27). The van der Waals surface area contributed by atoms with Crippen molar-refractivity contribution < 1.29 is 14.3 Å². The van der Waals surface area contributed by atoms with E-state index in [2.05, 4.69) is 10.3 Å². The summed E-state index contributed by atoms with van der Waals surface area (Å²) in [4.78, 5) is 31.3. The number of aromatic nitrogens is 1. The van der Waals surface area contributed by atoms with Gasteiger partial charge in [-0.2, -0.15) is 0 Å². The van der Waals surface area contributed by atoms with Gasteiger partial charge in [-0.1, -0.05) is 48.0 Å². The molecule has 1 aromatic heterocycles. The van der Waals surface area contributed by atoms with Crippen LogP contribution >= 0.6 is 11.6 Å². The number of hydrogen-bond acceptors (Lipinski definition) is 5. The first-order valence-corrected chi connectivity index (χ1v) is 9.24. The van der Waals surface area contributed by atoms with Gasteiger partial charge in [0.15, 0.2) is 11.6 Å². The molecule has 0 saturated carbocycles. The molecule has 29 heavy (non-hydrogen) atoms. The summed E-state index contributed by atoms with van der Waals surface area (Å²) in [6, 6.07) is 19.1. The molecule has 0 saturated heterocycles. The van der Waals surface area contributed by atoms with Gasteiger partial charge in [0.1, 0.15) is 12.4 Å². The monoisotopic (exact) mass is 408 g/mol. The van der Waals surface area contributed by atoms with Crippen LogP contribution in [0.2, 0.25) is 5.02 Å².